The molecule has 0 aromatic heterocycles. The van der Waals surface area contributed by atoms with E-state index in [0.717, 1.165) is 0 Å². The van der Waals surface area contributed by atoms with Crippen LogP contribution in [-0.4, -0.2) is 35.5 Å². The fourth-order valence-electron chi connectivity index (χ4n) is 2.56. The molecule has 1 aromatic rings. The highest BCUT2D eigenvalue weighted by molar-refractivity contribution is 6.33. The number of hydrogen-bond acceptors (Lipinski definition) is 3. The number of carbonyl (C=O) groups excluding carboxylic acids is 2. The van der Waals surface area contributed by atoms with Crippen LogP contribution < -0.4 is 10.2 Å². The number of aliphatic carboxylic acids is 1. The van der Waals surface area contributed by atoms with Crippen molar-refractivity contribution in [3.63, 3.8) is 0 Å². The molecule has 1 aliphatic rings. The van der Waals surface area contributed by atoms with Crippen LogP contribution in [0, 0.1) is 5.92 Å². The zero-order chi connectivity index (χ0) is 17.0. The van der Waals surface area contributed by atoms with Crippen LogP contribution in [-0.2, 0) is 14.4 Å². The fourth-order valence-corrected chi connectivity index (χ4v) is 2.80. The number of nitrogens with zero attached hydrogens (tertiary/aromatic N) is 1. The molecule has 1 heterocycles. The number of halogens is 1. The Bertz CT molecular complexity index is 620. The highest BCUT2D eigenvalue weighted by atomic mass is 35.5. The number of anilines is 1. The average Bonchev–Trinajstić information content (AvgIpc) is 2.87. The largest absolute Gasteiger partial charge is 0.481 e. The molecule has 23 heavy (non-hydrogen) atoms. The number of amides is 2. The summed E-state index contributed by atoms with van der Waals surface area (Å²) >= 11 is 6.10. The minimum absolute atomic E-state index is 0.00318. The van der Waals surface area contributed by atoms with Crippen LogP contribution in [0.25, 0.3) is 0 Å². The minimum atomic E-state index is -0.896. The highest BCUT2D eigenvalue weighted by Gasteiger charge is 2.36. The number of rotatable bonds is 6. The van der Waals surface area contributed by atoms with E-state index >= 15 is 0 Å². The van der Waals surface area contributed by atoms with Crippen molar-refractivity contribution in [1.82, 2.24) is 5.32 Å². The van der Waals surface area contributed by atoms with Gasteiger partial charge in [0.1, 0.15) is 0 Å². The molecule has 2 amide bonds. The number of carboxylic acids is 1. The van der Waals surface area contributed by atoms with Gasteiger partial charge in [0, 0.05) is 25.4 Å². The lowest BCUT2D eigenvalue weighted by Gasteiger charge is -2.19. The first kappa shape index (κ1) is 17.3. The first-order valence-electron chi connectivity index (χ1n) is 7.45. The maximum Gasteiger partial charge on any atom is 0.303 e. The summed E-state index contributed by atoms with van der Waals surface area (Å²) in [5.41, 5.74) is 0.605. The van der Waals surface area contributed by atoms with Gasteiger partial charge in [-0.25, -0.2) is 0 Å². The molecule has 0 spiro atoms. The van der Waals surface area contributed by atoms with Crippen LogP contribution in [0.5, 0.6) is 0 Å². The maximum atomic E-state index is 12.2. The molecule has 6 nitrogen and oxygen atoms in total. The van der Waals surface area contributed by atoms with Gasteiger partial charge in [-0.05, 0) is 25.5 Å². The monoisotopic (exact) mass is 338 g/mol. The summed E-state index contributed by atoms with van der Waals surface area (Å²) in [7, 11) is 0. The SMILES string of the molecule is CC(CCC(=O)O)NC(=O)C1CC(=O)N(c2ccccc2Cl)C1. The maximum absolute atomic E-state index is 12.2. The molecule has 2 N–H and O–H groups in total. The van der Waals surface area contributed by atoms with Gasteiger partial charge in [0.05, 0.1) is 16.6 Å². The van der Waals surface area contributed by atoms with E-state index in [9.17, 15) is 14.4 Å². The van der Waals surface area contributed by atoms with Gasteiger partial charge in [0.2, 0.25) is 11.8 Å². The van der Waals surface area contributed by atoms with Crippen molar-refractivity contribution in [1.29, 1.82) is 0 Å². The molecule has 1 saturated heterocycles. The minimum Gasteiger partial charge on any atom is -0.481 e. The molecule has 1 aliphatic heterocycles. The van der Waals surface area contributed by atoms with Crippen molar-refractivity contribution in [3.05, 3.63) is 29.3 Å². The van der Waals surface area contributed by atoms with Crippen molar-refractivity contribution < 1.29 is 19.5 Å². The second-order valence-electron chi connectivity index (χ2n) is 5.70. The van der Waals surface area contributed by atoms with E-state index in [0.29, 0.717) is 17.1 Å². The van der Waals surface area contributed by atoms with Crippen LogP contribution in [0.3, 0.4) is 0 Å². The molecule has 2 rings (SSSR count). The van der Waals surface area contributed by atoms with Gasteiger partial charge in [-0.3, -0.25) is 14.4 Å². The molecule has 124 valence electrons. The van der Waals surface area contributed by atoms with E-state index in [1.807, 2.05) is 0 Å². The van der Waals surface area contributed by atoms with Gasteiger partial charge in [-0.1, -0.05) is 23.7 Å². The Morgan fingerprint density at radius 1 is 1.43 bits per heavy atom. The number of carbonyl (C=O) groups is 3. The standard InChI is InChI=1S/C16H19ClN2O4/c1-10(6-7-15(21)22)18-16(23)11-8-14(20)19(9-11)13-5-3-2-4-12(13)17/h2-5,10-11H,6-9H2,1H3,(H,18,23)(H,21,22). The van der Waals surface area contributed by atoms with Crippen LogP contribution in [0.2, 0.25) is 5.02 Å². The summed E-state index contributed by atoms with van der Waals surface area (Å²) in [5, 5.41) is 11.9. The zero-order valence-electron chi connectivity index (χ0n) is 12.8. The van der Waals surface area contributed by atoms with E-state index in [1.165, 1.54) is 4.90 Å². The molecule has 7 heteroatoms. The van der Waals surface area contributed by atoms with E-state index < -0.39 is 11.9 Å². The molecular formula is C16H19ClN2O4. The van der Waals surface area contributed by atoms with Crippen molar-refractivity contribution in [2.75, 3.05) is 11.4 Å². The summed E-state index contributed by atoms with van der Waals surface area (Å²) in [4.78, 5) is 36.5. The van der Waals surface area contributed by atoms with Gasteiger partial charge in [-0.15, -0.1) is 0 Å². The number of para-hydroxylation sites is 1. The van der Waals surface area contributed by atoms with Crippen molar-refractivity contribution >= 4 is 35.1 Å². The second-order valence-corrected chi connectivity index (χ2v) is 6.11. The quantitative estimate of drug-likeness (QED) is 0.831. The third kappa shape index (κ3) is 4.45. The summed E-state index contributed by atoms with van der Waals surface area (Å²) in [6.07, 6.45) is 0.482. The smallest absolute Gasteiger partial charge is 0.303 e. The Labute approximate surface area is 139 Å². The van der Waals surface area contributed by atoms with Crippen LogP contribution >= 0.6 is 11.6 Å². The van der Waals surface area contributed by atoms with Crippen LogP contribution in [0.1, 0.15) is 26.2 Å². The Hall–Kier alpha value is -2.08. The Morgan fingerprint density at radius 3 is 2.78 bits per heavy atom. The Balaban J connectivity index is 1.95. The predicted molar refractivity (Wildman–Crippen MR) is 86.4 cm³/mol. The Kier molecular flexibility index (Phi) is 5.60. The average molecular weight is 339 g/mol. The number of carboxylic acid groups (broad SMARTS) is 1. The normalized spacial score (nSPS) is 18.8. The summed E-state index contributed by atoms with van der Waals surface area (Å²) in [5.74, 6) is -1.72. The zero-order valence-corrected chi connectivity index (χ0v) is 13.5. The topological polar surface area (TPSA) is 86.7 Å². The summed E-state index contributed by atoms with van der Waals surface area (Å²) < 4.78 is 0. The van der Waals surface area contributed by atoms with Gasteiger partial charge < -0.3 is 15.3 Å². The molecule has 1 fully saturated rings. The van der Waals surface area contributed by atoms with E-state index in [1.54, 1.807) is 31.2 Å². The first-order chi connectivity index (χ1) is 10.9. The lowest BCUT2D eigenvalue weighted by molar-refractivity contribution is -0.137. The lowest BCUT2D eigenvalue weighted by atomic mass is 10.1. The first-order valence-corrected chi connectivity index (χ1v) is 7.83. The van der Waals surface area contributed by atoms with Crippen LogP contribution in [0.4, 0.5) is 5.69 Å². The van der Waals surface area contributed by atoms with E-state index in [-0.39, 0.29) is 37.2 Å². The van der Waals surface area contributed by atoms with Crippen LogP contribution in [0.15, 0.2) is 24.3 Å². The van der Waals surface area contributed by atoms with E-state index in [2.05, 4.69) is 5.32 Å². The van der Waals surface area contributed by atoms with Gasteiger partial charge in [0.15, 0.2) is 0 Å². The number of benzene rings is 1. The third-order valence-corrected chi connectivity index (χ3v) is 4.14. The molecule has 0 saturated carbocycles. The Morgan fingerprint density at radius 2 is 2.13 bits per heavy atom. The third-order valence-electron chi connectivity index (χ3n) is 3.82. The van der Waals surface area contributed by atoms with E-state index in [4.69, 9.17) is 16.7 Å². The molecule has 0 bridgehead atoms. The van der Waals surface area contributed by atoms with Crippen molar-refractivity contribution in [3.8, 4) is 0 Å². The fraction of sp³-hybridized carbons (Fsp3) is 0.438. The molecule has 1 aromatic carbocycles. The van der Waals surface area contributed by atoms with Crippen molar-refractivity contribution in [2.45, 2.75) is 32.2 Å². The lowest BCUT2D eigenvalue weighted by Crippen LogP contribution is -2.38. The van der Waals surface area contributed by atoms with Gasteiger partial charge in [0.25, 0.3) is 0 Å². The second kappa shape index (κ2) is 7.46. The van der Waals surface area contributed by atoms with Gasteiger partial charge >= 0.3 is 5.97 Å². The van der Waals surface area contributed by atoms with Gasteiger partial charge in [-0.2, -0.15) is 0 Å². The molecular weight excluding hydrogens is 320 g/mol. The molecule has 2 atom stereocenters. The molecule has 0 radical (unpaired) electrons. The molecule has 0 aliphatic carbocycles. The van der Waals surface area contributed by atoms with Crippen molar-refractivity contribution in [2.24, 2.45) is 5.92 Å². The molecule has 2 unspecified atom stereocenters. The summed E-state index contributed by atoms with van der Waals surface area (Å²) in [6, 6.07) is 6.76. The highest BCUT2D eigenvalue weighted by Crippen LogP contribution is 2.31. The number of nitrogens with one attached hydrogen (secondary N) is 1. The predicted octanol–water partition coefficient (Wildman–Crippen LogP) is 2.06. The summed E-state index contributed by atoms with van der Waals surface area (Å²) in [6.45, 7) is 2.03. The number of hydrogen-bond donors (Lipinski definition) is 2.